The minimum atomic E-state index is -0.928. The van der Waals surface area contributed by atoms with Gasteiger partial charge in [0.1, 0.15) is 0 Å². The highest BCUT2D eigenvalue weighted by Crippen LogP contribution is 2.27. The number of aliphatic carboxylic acids is 1. The maximum atomic E-state index is 11.7. The summed E-state index contributed by atoms with van der Waals surface area (Å²) in [7, 11) is 0. The zero-order valence-corrected chi connectivity index (χ0v) is 10.8. The predicted octanol–water partition coefficient (Wildman–Crippen LogP) is 0.488. The first kappa shape index (κ1) is 13.2. The minimum Gasteiger partial charge on any atom is -0.481 e. The Bertz CT molecular complexity index is 484. The molecule has 2 atom stereocenters. The molecule has 7 nitrogen and oxygen atoms in total. The number of rotatable bonds is 4. The molecule has 2 heterocycles. The van der Waals surface area contributed by atoms with Crippen LogP contribution in [0.25, 0.3) is 0 Å². The van der Waals surface area contributed by atoms with Crippen molar-refractivity contribution in [3.63, 3.8) is 0 Å². The molecule has 0 saturated carbocycles. The van der Waals surface area contributed by atoms with Gasteiger partial charge in [-0.3, -0.25) is 9.36 Å². The van der Waals surface area contributed by atoms with Crippen molar-refractivity contribution in [2.45, 2.75) is 37.1 Å². The lowest BCUT2D eigenvalue weighted by Gasteiger charge is -2.28. The van der Waals surface area contributed by atoms with E-state index in [1.165, 1.54) is 0 Å². The number of hydrogen-bond acceptors (Lipinski definition) is 5. The summed E-state index contributed by atoms with van der Waals surface area (Å²) < 4.78 is 6.99. The van der Waals surface area contributed by atoms with Crippen LogP contribution in [0.3, 0.4) is 0 Å². The Morgan fingerprint density at radius 2 is 2.50 bits per heavy atom. The fourth-order valence-electron chi connectivity index (χ4n) is 2.05. The normalized spacial score (nSPS) is 24.1. The Kier molecular flexibility index (Phi) is 4.07. The van der Waals surface area contributed by atoms with E-state index in [0.717, 1.165) is 24.6 Å². The summed E-state index contributed by atoms with van der Waals surface area (Å²) in [5, 5.41) is 15.3. The molecule has 2 unspecified atom stereocenters. The molecule has 0 aliphatic carbocycles. The number of carboxylic acid groups (broad SMARTS) is 1. The van der Waals surface area contributed by atoms with Crippen molar-refractivity contribution in [2.24, 2.45) is 0 Å². The summed E-state index contributed by atoms with van der Waals surface area (Å²) in [6.07, 6.45) is 1.58. The van der Waals surface area contributed by atoms with Crippen LogP contribution in [0.5, 0.6) is 0 Å². The predicted molar refractivity (Wildman–Crippen MR) is 64.9 cm³/mol. The smallest absolute Gasteiger partial charge is 0.344 e. The monoisotopic (exact) mass is 273 g/mol. The molecule has 1 fully saturated rings. The number of ether oxygens (including phenoxy) is 1. The summed E-state index contributed by atoms with van der Waals surface area (Å²) in [6.45, 7) is 2.56. The Morgan fingerprint density at radius 3 is 3.17 bits per heavy atom. The van der Waals surface area contributed by atoms with Gasteiger partial charge in [-0.05, 0) is 19.8 Å². The average Bonchev–Trinajstić information content (AvgIpc) is 2.68. The van der Waals surface area contributed by atoms with E-state index < -0.39 is 5.97 Å². The van der Waals surface area contributed by atoms with E-state index in [1.54, 1.807) is 4.57 Å². The molecular weight excluding hydrogens is 258 g/mol. The average molecular weight is 273 g/mol. The highest BCUT2D eigenvalue weighted by Gasteiger charge is 2.25. The van der Waals surface area contributed by atoms with Crippen molar-refractivity contribution in [3.05, 3.63) is 10.5 Å². The SMILES string of the molecule is CC1CC(n2c(SCC(=O)O)n[nH]c2=O)CCO1. The van der Waals surface area contributed by atoms with Crippen LogP contribution in [0.1, 0.15) is 25.8 Å². The second kappa shape index (κ2) is 5.57. The highest BCUT2D eigenvalue weighted by molar-refractivity contribution is 7.99. The van der Waals surface area contributed by atoms with Gasteiger partial charge in [-0.15, -0.1) is 5.10 Å². The number of thioether (sulfide) groups is 1. The highest BCUT2D eigenvalue weighted by atomic mass is 32.2. The summed E-state index contributed by atoms with van der Waals surface area (Å²) in [6, 6.07) is 0.0243. The van der Waals surface area contributed by atoms with Crippen LogP contribution >= 0.6 is 11.8 Å². The molecule has 0 radical (unpaired) electrons. The topological polar surface area (TPSA) is 97.2 Å². The van der Waals surface area contributed by atoms with Crippen molar-refractivity contribution in [1.29, 1.82) is 0 Å². The minimum absolute atomic E-state index is 0.0243. The molecule has 1 aliphatic heterocycles. The third-order valence-electron chi connectivity index (χ3n) is 2.82. The zero-order valence-electron chi connectivity index (χ0n) is 9.96. The van der Waals surface area contributed by atoms with Gasteiger partial charge in [0, 0.05) is 12.6 Å². The Balaban J connectivity index is 2.17. The maximum Gasteiger partial charge on any atom is 0.344 e. The van der Waals surface area contributed by atoms with E-state index in [2.05, 4.69) is 10.2 Å². The quantitative estimate of drug-likeness (QED) is 0.775. The molecule has 100 valence electrons. The van der Waals surface area contributed by atoms with Crippen LogP contribution in [-0.4, -0.2) is 44.3 Å². The second-order valence-electron chi connectivity index (χ2n) is 4.22. The number of nitrogens with zero attached hydrogens (tertiary/aromatic N) is 2. The molecule has 1 aliphatic rings. The molecule has 0 bridgehead atoms. The third-order valence-corrected chi connectivity index (χ3v) is 3.76. The van der Waals surface area contributed by atoms with Crippen LogP contribution in [0.4, 0.5) is 0 Å². The lowest BCUT2D eigenvalue weighted by atomic mass is 10.0. The van der Waals surface area contributed by atoms with E-state index in [-0.39, 0.29) is 23.6 Å². The van der Waals surface area contributed by atoms with Gasteiger partial charge in [0.2, 0.25) is 0 Å². The standard InChI is InChI=1S/C10H15N3O4S/c1-6-4-7(2-3-17-6)13-9(16)11-12-10(13)18-5-8(14)15/h6-7H,2-5H2,1H3,(H,11,16)(H,14,15). The second-order valence-corrected chi connectivity index (χ2v) is 5.17. The molecule has 0 aromatic carbocycles. The molecule has 2 rings (SSSR count). The van der Waals surface area contributed by atoms with Crippen LogP contribution in [0.2, 0.25) is 0 Å². The Morgan fingerprint density at radius 1 is 1.72 bits per heavy atom. The van der Waals surface area contributed by atoms with Gasteiger partial charge in [0.25, 0.3) is 0 Å². The van der Waals surface area contributed by atoms with Gasteiger partial charge in [-0.1, -0.05) is 11.8 Å². The molecular formula is C10H15N3O4S. The first-order chi connectivity index (χ1) is 8.58. The van der Waals surface area contributed by atoms with Crippen molar-refractivity contribution >= 4 is 17.7 Å². The zero-order chi connectivity index (χ0) is 13.1. The molecule has 1 aromatic heterocycles. The van der Waals surface area contributed by atoms with Gasteiger partial charge in [0.15, 0.2) is 5.16 Å². The molecule has 0 amide bonds. The van der Waals surface area contributed by atoms with Crippen LogP contribution in [0, 0.1) is 0 Å². The van der Waals surface area contributed by atoms with Gasteiger partial charge in [0.05, 0.1) is 11.9 Å². The van der Waals surface area contributed by atoms with Gasteiger partial charge < -0.3 is 9.84 Å². The molecule has 18 heavy (non-hydrogen) atoms. The van der Waals surface area contributed by atoms with Crippen molar-refractivity contribution < 1.29 is 14.6 Å². The maximum absolute atomic E-state index is 11.7. The molecule has 8 heteroatoms. The summed E-state index contributed by atoms with van der Waals surface area (Å²) in [4.78, 5) is 22.3. The summed E-state index contributed by atoms with van der Waals surface area (Å²) in [5.74, 6) is -1.04. The molecule has 1 aromatic rings. The number of nitrogens with one attached hydrogen (secondary N) is 1. The number of aromatic nitrogens is 3. The first-order valence-corrected chi connectivity index (χ1v) is 6.69. The fourth-order valence-corrected chi connectivity index (χ4v) is 2.78. The number of H-pyrrole nitrogens is 1. The van der Waals surface area contributed by atoms with E-state index in [1.807, 2.05) is 6.92 Å². The van der Waals surface area contributed by atoms with Gasteiger partial charge in [-0.25, -0.2) is 9.89 Å². The largest absolute Gasteiger partial charge is 0.481 e. The van der Waals surface area contributed by atoms with Gasteiger partial charge >= 0.3 is 11.7 Å². The van der Waals surface area contributed by atoms with E-state index >= 15 is 0 Å². The van der Waals surface area contributed by atoms with E-state index in [0.29, 0.717) is 11.8 Å². The van der Waals surface area contributed by atoms with E-state index in [9.17, 15) is 9.59 Å². The lowest BCUT2D eigenvalue weighted by molar-refractivity contribution is -0.133. The first-order valence-electron chi connectivity index (χ1n) is 5.71. The van der Waals surface area contributed by atoms with Crippen LogP contribution < -0.4 is 5.69 Å². The van der Waals surface area contributed by atoms with Crippen molar-refractivity contribution in [1.82, 2.24) is 14.8 Å². The Hall–Kier alpha value is -1.28. The van der Waals surface area contributed by atoms with Crippen molar-refractivity contribution in [3.8, 4) is 0 Å². The fraction of sp³-hybridized carbons (Fsp3) is 0.700. The van der Waals surface area contributed by atoms with Crippen LogP contribution in [-0.2, 0) is 9.53 Å². The lowest BCUT2D eigenvalue weighted by Crippen LogP contribution is -2.31. The number of hydrogen-bond donors (Lipinski definition) is 2. The molecule has 1 saturated heterocycles. The number of aromatic amines is 1. The number of carboxylic acids is 1. The van der Waals surface area contributed by atoms with E-state index in [4.69, 9.17) is 9.84 Å². The summed E-state index contributed by atoms with van der Waals surface area (Å²) in [5.41, 5.74) is -0.290. The number of carbonyl (C=O) groups is 1. The molecule has 2 N–H and O–H groups in total. The van der Waals surface area contributed by atoms with Crippen LogP contribution in [0.15, 0.2) is 9.95 Å². The summed E-state index contributed by atoms with van der Waals surface area (Å²) >= 11 is 1.05. The van der Waals surface area contributed by atoms with Gasteiger partial charge in [-0.2, -0.15) is 0 Å². The Labute approximate surface area is 108 Å². The van der Waals surface area contributed by atoms with Crippen molar-refractivity contribution in [2.75, 3.05) is 12.4 Å². The molecule has 0 spiro atoms. The third kappa shape index (κ3) is 2.94.